The molecule has 3 nitrogen and oxygen atoms in total. The maximum Gasteiger partial charge on any atom is 0.335 e. The average molecular weight is 243 g/mol. The fourth-order valence-electron chi connectivity index (χ4n) is 0.714. The van der Waals surface area contributed by atoms with Crippen LogP contribution in [0.1, 0.15) is 0 Å². The van der Waals surface area contributed by atoms with Crippen molar-refractivity contribution in [3.63, 3.8) is 0 Å². The number of rotatable bonds is 2. The number of phenols is 1. The number of esters is 1. The number of carbonyl (C=O) groups is 1. The molecule has 0 spiro atoms. The first-order chi connectivity index (χ1) is 6.13. The Morgan fingerprint density at radius 1 is 1.62 bits per heavy atom. The van der Waals surface area contributed by atoms with E-state index < -0.39 is 5.97 Å². The van der Waals surface area contributed by atoms with Crippen molar-refractivity contribution in [3.05, 3.63) is 35.3 Å². The summed E-state index contributed by atoms with van der Waals surface area (Å²) in [4.78, 5) is 10.7. The zero-order valence-corrected chi connectivity index (χ0v) is 8.24. The van der Waals surface area contributed by atoms with Gasteiger partial charge in [0.15, 0.2) is 0 Å². The largest absolute Gasteiger partial charge is 0.507 e. The van der Waals surface area contributed by atoms with E-state index in [1.807, 2.05) is 0 Å². The van der Waals surface area contributed by atoms with Gasteiger partial charge in [-0.05, 0) is 28.1 Å². The minimum atomic E-state index is -0.554. The van der Waals surface area contributed by atoms with Crippen LogP contribution in [0.4, 0.5) is 0 Å². The van der Waals surface area contributed by atoms with E-state index in [2.05, 4.69) is 22.5 Å². The van der Waals surface area contributed by atoms with Gasteiger partial charge >= 0.3 is 5.97 Å². The third-order valence-corrected chi connectivity index (χ3v) is 1.97. The van der Waals surface area contributed by atoms with E-state index in [0.717, 1.165) is 6.08 Å². The zero-order chi connectivity index (χ0) is 9.84. The number of hydrogen-bond donors (Lipinski definition) is 1. The first kappa shape index (κ1) is 9.80. The SMILES string of the molecule is C=CC(=O)Oc1ccc(Br)c(O)c1. The van der Waals surface area contributed by atoms with Gasteiger partial charge in [0.1, 0.15) is 11.5 Å². The van der Waals surface area contributed by atoms with Gasteiger partial charge in [0, 0.05) is 12.1 Å². The fraction of sp³-hybridized carbons (Fsp3) is 0. The van der Waals surface area contributed by atoms with E-state index in [0.29, 0.717) is 4.47 Å². The Kier molecular flexibility index (Phi) is 3.08. The molecule has 0 atom stereocenters. The second kappa shape index (κ2) is 4.09. The molecule has 0 heterocycles. The van der Waals surface area contributed by atoms with Crippen molar-refractivity contribution < 1.29 is 14.6 Å². The summed E-state index contributed by atoms with van der Waals surface area (Å²) in [6.45, 7) is 3.25. The van der Waals surface area contributed by atoms with Crippen LogP contribution in [0.2, 0.25) is 0 Å². The molecule has 0 saturated heterocycles. The lowest BCUT2D eigenvalue weighted by molar-refractivity contribution is -0.128. The molecular weight excluding hydrogens is 236 g/mol. The molecule has 1 N–H and O–H groups in total. The van der Waals surface area contributed by atoms with Crippen LogP contribution in [0.3, 0.4) is 0 Å². The van der Waals surface area contributed by atoms with Gasteiger partial charge in [0.2, 0.25) is 0 Å². The van der Waals surface area contributed by atoms with Crippen molar-refractivity contribution in [2.45, 2.75) is 0 Å². The highest BCUT2D eigenvalue weighted by molar-refractivity contribution is 9.10. The molecule has 0 amide bonds. The summed E-state index contributed by atoms with van der Waals surface area (Å²) in [5, 5.41) is 9.22. The molecule has 0 bridgehead atoms. The van der Waals surface area contributed by atoms with Crippen molar-refractivity contribution >= 4 is 21.9 Å². The van der Waals surface area contributed by atoms with Crippen LogP contribution >= 0.6 is 15.9 Å². The van der Waals surface area contributed by atoms with Crippen LogP contribution in [0.25, 0.3) is 0 Å². The van der Waals surface area contributed by atoms with Gasteiger partial charge in [0.25, 0.3) is 0 Å². The smallest absolute Gasteiger partial charge is 0.335 e. The Bertz CT molecular complexity index is 347. The van der Waals surface area contributed by atoms with Gasteiger partial charge in [-0.1, -0.05) is 6.58 Å². The Morgan fingerprint density at radius 3 is 2.85 bits per heavy atom. The topological polar surface area (TPSA) is 46.5 Å². The molecule has 0 aliphatic carbocycles. The minimum absolute atomic E-state index is 0.0226. The predicted molar refractivity (Wildman–Crippen MR) is 51.6 cm³/mol. The second-order valence-electron chi connectivity index (χ2n) is 2.24. The fourth-order valence-corrected chi connectivity index (χ4v) is 0.960. The number of aromatic hydroxyl groups is 1. The van der Waals surface area contributed by atoms with E-state index in [1.165, 1.54) is 6.07 Å². The van der Waals surface area contributed by atoms with Gasteiger partial charge < -0.3 is 9.84 Å². The minimum Gasteiger partial charge on any atom is -0.507 e. The molecule has 0 radical (unpaired) electrons. The molecular formula is C9H7BrO3. The van der Waals surface area contributed by atoms with Crippen molar-refractivity contribution in [2.75, 3.05) is 0 Å². The Morgan fingerprint density at radius 2 is 2.31 bits per heavy atom. The van der Waals surface area contributed by atoms with E-state index in [-0.39, 0.29) is 11.5 Å². The highest BCUT2D eigenvalue weighted by atomic mass is 79.9. The van der Waals surface area contributed by atoms with Crippen LogP contribution in [-0.2, 0) is 4.79 Å². The monoisotopic (exact) mass is 242 g/mol. The van der Waals surface area contributed by atoms with Gasteiger partial charge in [0.05, 0.1) is 4.47 Å². The van der Waals surface area contributed by atoms with Crippen molar-refractivity contribution in [1.82, 2.24) is 0 Å². The Labute approximate surface area is 83.8 Å². The number of phenolic OH excluding ortho intramolecular Hbond substituents is 1. The molecule has 13 heavy (non-hydrogen) atoms. The van der Waals surface area contributed by atoms with Gasteiger partial charge in [-0.3, -0.25) is 0 Å². The van der Waals surface area contributed by atoms with Crippen molar-refractivity contribution in [3.8, 4) is 11.5 Å². The van der Waals surface area contributed by atoms with Gasteiger partial charge in [-0.2, -0.15) is 0 Å². The summed E-state index contributed by atoms with van der Waals surface area (Å²) < 4.78 is 5.31. The van der Waals surface area contributed by atoms with Crippen LogP contribution < -0.4 is 4.74 Å². The van der Waals surface area contributed by atoms with Crippen LogP contribution in [-0.4, -0.2) is 11.1 Å². The summed E-state index contributed by atoms with van der Waals surface area (Å²) in [5.41, 5.74) is 0. The molecule has 1 rings (SSSR count). The van der Waals surface area contributed by atoms with E-state index >= 15 is 0 Å². The van der Waals surface area contributed by atoms with E-state index in [9.17, 15) is 9.90 Å². The molecule has 0 aromatic heterocycles. The van der Waals surface area contributed by atoms with E-state index in [1.54, 1.807) is 12.1 Å². The molecule has 4 heteroatoms. The highest BCUT2D eigenvalue weighted by Gasteiger charge is 2.02. The van der Waals surface area contributed by atoms with Crippen LogP contribution in [0, 0.1) is 0 Å². The lowest BCUT2D eigenvalue weighted by atomic mass is 10.3. The number of carbonyl (C=O) groups excluding carboxylic acids is 1. The summed E-state index contributed by atoms with van der Waals surface area (Å²) >= 11 is 3.10. The summed E-state index contributed by atoms with van der Waals surface area (Å²) in [6.07, 6.45) is 1.05. The van der Waals surface area contributed by atoms with Crippen molar-refractivity contribution in [2.24, 2.45) is 0 Å². The van der Waals surface area contributed by atoms with Crippen LogP contribution in [0.5, 0.6) is 11.5 Å². The molecule has 0 aliphatic heterocycles. The molecule has 0 saturated carbocycles. The standard InChI is InChI=1S/C9H7BrO3/c1-2-9(12)13-6-3-4-7(10)8(11)5-6/h2-5,11H,1H2. The highest BCUT2D eigenvalue weighted by Crippen LogP contribution is 2.27. The molecule has 0 fully saturated rings. The molecule has 68 valence electrons. The van der Waals surface area contributed by atoms with Gasteiger partial charge in [-0.25, -0.2) is 4.79 Å². The molecule has 1 aromatic carbocycles. The summed E-state index contributed by atoms with van der Waals surface area (Å²) in [7, 11) is 0. The third kappa shape index (κ3) is 2.59. The second-order valence-corrected chi connectivity index (χ2v) is 3.09. The zero-order valence-electron chi connectivity index (χ0n) is 6.66. The lowest BCUT2D eigenvalue weighted by Gasteiger charge is -2.02. The lowest BCUT2D eigenvalue weighted by Crippen LogP contribution is -2.02. The maximum absolute atomic E-state index is 10.7. The summed E-state index contributed by atoms with van der Waals surface area (Å²) in [6, 6.07) is 4.48. The number of halogens is 1. The first-order valence-electron chi connectivity index (χ1n) is 3.46. The Hall–Kier alpha value is -1.29. The molecule has 0 unspecified atom stereocenters. The predicted octanol–water partition coefficient (Wildman–Crippen LogP) is 2.25. The third-order valence-electron chi connectivity index (χ3n) is 1.30. The van der Waals surface area contributed by atoms with Crippen molar-refractivity contribution in [1.29, 1.82) is 0 Å². The Balaban J connectivity index is 2.85. The van der Waals surface area contributed by atoms with Crippen LogP contribution in [0.15, 0.2) is 35.3 Å². The van der Waals surface area contributed by atoms with E-state index in [4.69, 9.17) is 4.74 Å². The van der Waals surface area contributed by atoms with Gasteiger partial charge in [-0.15, -0.1) is 0 Å². The number of ether oxygens (including phenoxy) is 1. The number of hydrogen-bond acceptors (Lipinski definition) is 3. The molecule has 1 aromatic rings. The first-order valence-corrected chi connectivity index (χ1v) is 4.25. The quantitative estimate of drug-likeness (QED) is 0.492. The average Bonchev–Trinajstić information content (AvgIpc) is 2.11. The number of benzene rings is 1. The molecule has 0 aliphatic rings. The maximum atomic E-state index is 10.7. The summed E-state index contributed by atoms with van der Waals surface area (Å²) in [5.74, 6) is -0.248. The normalized spacial score (nSPS) is 9.31.